The van der Waals surface area contributed by atoms with E-state index in [0.29, 0.717) is 6.42 Å². The van der Waals surface area contributed by atoms with Crippen LogP contribution >= 0.6 is 0 Å². The number of anilines is 1. The molecule has 0 spiro atoms. The second-order valence-electron chi connectivity index (χ2n) is 6.44. The average molecular weight is 301 g/mol. The van der Waals surface area contributed by atoms with Crippen LogP contribution in [0.5, 0.6) is 0 Å². The molecule has 0 radical (unpaired) electrons. The van der Waals surface area contributed by atoms with E-state index >= 15 is 0 Å². The molecule has 2 atom stereocenters. The molecular weight excluding hydrogens is 278 g/mol. The van der Waals surface area contributed by atoms with Gasteiger partial charge in [-0.25, -0.2) is 0 Å². The number of nitrogens with zero attached hydrogens (tertiary/aromatic N) is 2. The maximum absolute atomic E-state index is 12.4. The van der Waals surface area contributed by atoms with Crippen molar-refractivity contribution >= 4 is 17.5 Å². The Morgan fingerprint density at radius 3 is 2.55 bits per heavy atom. The largest absolute Gasteiger partial charge is 0.340 e. The summed E-state index contributed by atoms with van der Waals surface area (Å²) >= 11 is 0. The number of rotatable bonds is 3. The SMILES string of the molecule is Cc1cccc(NC(=O)C2CC2C(=O)N2CCN(C)CC2)c1. The second-order valence-corrected chi connectivity index (χ2v) is 6.44. The standard InChI is InChI=1S/C17H23N3O2/c1-12-4-3-5-13(10-12)18-16(21)14-11-15(14)17(22)20-8-6-19(2)7-9-20/h3-5,10,14-15H,6-9,11H2,1-2H3,(H,18,21). The Kier molecular flexibility index (Phi) is 4.16. The van der Waals surface area contributed by atoms with Gasteiger partial charge in [-0.15, -0.1) is 0 Å². The van der Waals surface area contributed by atoms with Gasteiger partial charge < -0.3 is 15.1 Å². The zero-order valence-electron chi connectivity index (χ0n) is 13.2. The molecule has 1 aromatic rings. The van der Waals surface area contributed by atoms with Gasteiger partial charge in [-0.2, -0.15) is 0 Å². The van der Waals surface area contributed by atoms with Crippen molar-refractivity contribution < 1.29 is 9.59 Å². The monoisotopic (exact) mass is 301 g/mol. The van der Waals surface area contributed by atoms with E-state index in [1.165, 1.54) is 0 Å². The van der Waals surface area contributed by atoms with Gasteiger partial charge in [-0.1, -0.05) is 12.1 Å². The minimum absolute atomic E-state index is 0.0296. The minimum atomic E-state index is -0.160. The summed E-state index contributed by atoms with van der Waals surface area (Å²) < 4.78 is 0. The van der Waals surface area contributed by atoms with Gasteiger partial charge in [-0.05, 0) is 38.1 Å². The third kappa shape index (κ3) is 3.30. The van der Waals surface area contributed by atoms with Crippen LogP contribution in [0.3, 0.4) is 0 Å². The normalized spacial score (nSPS) is 24.9. The number of benzene rings is 1. The summed E-state index contributed by atoms with van der Waals surface area (Å²) in [5, 5.41) is 2.92. The van der Waals surface area contributed by atoms with Crippen molar-refractivity contribution in [2.24, 2.45) is 11.8 Å². The van der Waals surface area contributed by atoms with Gasteiger partial charge in [-0.3, -0.25) is 9.59 Å². The molecule has 1 N–H and O–H groups in total. The lowest BCUT2D eigenvalue weighted by Crippen LogP contribution is -2.48. The highest BCUT2D eigenvalue weighted by atomic mass is 16.2. The lowest BCUT2D eigenvalue weighted by atomic mass is 10.2. The summed E-state index contributed by atoms with van der Waals surface area (Å²) in [6.45, 7) is 5.37. The van der Waals surface area contributed by atoms with Crippen LogP contribution in [0.4, 0.5) is 5.69 Å². The summed E-state index contributed by atoms with van der Waals surface area (Å²) in [7, 11) is 2.07. The molecule has 1 saturated heterocycles. The lowest BCUT2D eigenvalue weighted by Gasteiger charge is -2.32. The van der Waals surface area contributed by atoms with Crippen molar-refractivity contribution in [2.45, 2.75) is 13.3 Å². The van der Waals surface area contributed by atoms with Crippen LogP contribution in [0.15, 0.2) is 24.3 Å². The number of carbonyl (C=O) groups is 2. The topological polar surface area (TPSA) is 52.7 Å². The minimum Gasteiger partial charge on any atom is -0.340 e. The molecule has 1 heterocycles. The summed E-state index contributed by atoms with van der Waals surface area (Å²) in [6.07, 6.45) is 0.683. The molecule has 22 heavy (non-hydrogen) atoms. The van der Waals surface area contributed by atoms with Crippen molar-refractivity contribution in [1.29, 1.82) is 0 Å². The summed E-state index contributed by atoms with van der Waals surface area (Å²) in [6, 6.07) is 7.74. The van der Waals surface area contributed by atoms with Crippen LogP contribution in [0.1, 0.15) is 12.0 Å². The quantitative estimate of drug-likeness (QED) is 0.917. The Hall–Kier alpha value is -1.88. The molecule has 118 valence electrons. The van der Waals surface area contributed by atoms with E-state index in [1.54, 1.807) is 0 Å². The number of amides is 2. The first kappa shape index (κ1) is 15.0. The highest BCUT2D eigenvalue weighted by Gasteiger charge is 2.49. The van der Waals surface area contributed by atoms with E-state index in [0.717, 1.165) is 37.4 Å². The van der Waals surface area contributed by atoms with E-state index in [2.05, 4.69) is 17.3 Å². The molecule has 5 heteroatoms. The summed E-state index contributed by atoms with van der Waals surface area (Å²) in [5.41, 5.74) is 1.92. The van der Waals surface area contributed by atoms with Crippen LogP contribution in [0.25, 0.3) is 0 Å². The van der Waals surface area contributed by atoms with E-state index in [1.807, 2.05) is 36.1 Å². The van der Waals surface area contributed by atoms with Crippen molar-refractivity contribution in [1.82, 2.24) is 9.80 Å². The lowest BCUT2D eigenvalue weighted by molar-refractivity contribution is -0.135. The Balaban J connectivity index is 1.53. The fraction of sp³-hybridized carbons (Fsp3) is 0.529. The van der Waals surface area contributed by atoms with Crippen molar-refractivity contribution in [3.8, 4) is 0 Å². The van der Waals surface area contributed by atoms with Crippen molar-refractivity contribution in [3.05, 3.63) is 29.8 Å². The number of carbonyl (C=O) groups excluding carboxylic acids is 2. The van der Waals surface area contributed by atoms with Crippen LogP contribution in [0.2, 0.25) is 0 Å². The zero-order valence-corrected chi connectivity index (χ0v) is 13.2. The highest BCUT2D eigenvalue weighted by molar-refractivity contribution is 5.99. The number of hydrogen-bond donors (Lipinski definition) is 1. The van der Waals surface area contributed by atoms with Gasteiger partial charge in [0, 0.05) is 31.9 Å². The maximum atomic E-state index is 12.4. The number of hydrogen-bond acceptors (Lipinski definition) is 3. The number of likely N-dealkylation sites (N-methyl/N-ethyl adjacent to an activating group) is 1. The van der Waals surface area contributed by atoms with Gasteiger partial charge in [0.25, 0.3) is 0 Å². The molecule has 3 rings (SSSR count). The molecule has 1 aromatic carbocycles. The van der Waals surface area contributed by atoms with Crippen molar-refractivity contribution in [3.63, 3.8) is 0 Å². The van der Waals surface area contributed by atoms with Crippen LogP contribution in [-0.4, -0.2) is 54.8 Å². The number of aryl methyl sites for hydroxylation is 1. The molecule has 0 bridgehead atoms. The molecule has 5 nitrogen and oxygen atoms in total. The third-order valence-corrected chi connectivity index (χ3v) is 4.54. The van der Waals surface area contributed by atoms with Crippen molar-refractivity contribution in [2.75, 3.05) is 38.5 Å². The predicted molar refractivity (Wildman–Crippen MR) is 85.5 cm³/mol. The number of piperazine rings is 1. The molecule has 1 saturated carbocycles. The Labute approximate surface area is 131 Å². The Morgan fingerprint density at radius 1 is 1.14 bits per heavy atom. The molecular formula is C17H23N3O2. The van der Waals surface area contributed by atoms with Gasteiger partial charge in [0.1, 0.15) is 0 Å². The van der Waals surface area contributed by atoms with Gasteiger partial charge in [0.15, 0.2) is 0 Å². The predicted octanol–water partition coefficient (Wildman–Crippen LogP) is 1.34. The average Bonchev–Trinajstić information content (AvgIpc) is 3.28. The Bertz CT molecular complexity index is 579. The van der Waals surface area contributed by atoms with Crippen LogP contribution < -0.4 is 5.32 Å². The fourth-order valence-corrected chi connectivity index (χ4v) is 2.98. The first-order chi connectivity index (χ1) is 10.5. The summed E-state index contributed by atoms with van der Waals surface area (Å²) in [5.74, 6) is -0.156. The zero-order chi connectivity index (χ0) is 15.7. The molecule has 2 fully saturated rings. The fourth-order valence-electron chi connectivity index (χ4n) is 2.98. The van der Waals surface area contributed by atoms with E-state index in [4.69, 9.17) is 0 Å². The molecule has 0 aromatic heterocycles. The molecule has 2 aliphatic rings. The third-order valence-electron chi connectivity index (χ3n) is 4.54. The van der Waals surface area contributed by atoms with Gasteiger partial charge in [0.2, 0.25) is 11.8 Å². The first-order valence-corrected chi connectivity index (χ1v) is 7.89. The number of nitrogens with one attached hydrogen (secondary N) is 1. The molecule has 2 unspecified atom stereocenters. The maximum Gasteiger partial charge on any atom is 0.228 e. The molecule has 1 aliphatic heterocycles. The first-order valence-electron chi connectivity index (χ1n) is 7.89. The highest BCUT2D eigenvalue weighted by Crippen LogP contribution is 2.41. The van der Waals surface area contributed by atoms with Gasteiger partial charge >= 0.3 is 0 Å². The molecule has 1 aliphatic carbocycles. The van der Waals surface area contributed by atoms with Crippen LogP contribution in [-0.2, 0) is 9.59 Å². The smallest absolute Gasteiger partial charge is 0.228 e. The summed E-state index contributed by atoms with van der Waals surface area (Å²) in [4.78, 5) is 28.8. The second kappa shape index (κ2) is 6.08. The Morgan fingerprint density at radius 2 is 1.86 bits per heavy atom. The molecule has 2 amide bonds. The van der Waals surface area contributed by atoms with E-state index in [-0.39, 0.29) is 23.7 Å². The van der Waals surface area contributed by atoms with Gasteiger partial charge in [0.05, 0.1) is 11.8 Å². The van der Waals surface area contributed by atoms with Crippen LogP contribution in [0, 0.1) is 18.8 Å². The van der Waals surface area contributed by atoms with E-state index < -0.39 is 0 Å². The van der Waals surface area contributed by atoms with E-state index in [9.17, 15) is 9.59 Å².